The second kappa shape index (κ2) is 5.23. The zero-order valence-electron chi connectivity index (χ0n) is 10.6. The Labute approximate surface area is 125 Å². The van der Waals surface area contributed by atoms with Gasteiger partial charge in [-0.05, 0) is 12.1 Å². The van der Waals surface area contributed by atoms with Crippen molar-refractivity contribution in [2.75, 3.05) is 4.72 Å². The Morgan fingerprint density at radius 2 is 2.05 bits per heavy atom. The third kappa shape index (κ3) is 2.76. The molecule has 0 fully saturated rings. The highest BCUT2D eigenvalue weighted by Crippen LogP contribution is 2.20. The molecule has 3 rings (SSSR count). The molecular weight excluding hydrogens is 314 g/mol. The van der Waals surface area contributed by atoms with Crippen LogP contribution in [-0.2, 0) is 10.0 Å². The highest BCUT2D eigenvalue weighted by Gasteiger charge is 2.16. The van der Waals surface area contributed by atoms with Crippen LogP contribution in [0.1, 0.15) is 0 Å². The zero-order chi connectivity index (χ0) is 14.9. The van der Waals surface area contributed by atoms with Gasteiger partial charge in [-0.1, -0.05) is 23.7 Å². The predicted octanol–water partition coefficient (Wildman–Crippen LogP) is 2.05. The van der Waals surface area contributed by atoms with Crippen molar-refractivity contribution < 1.29 is 8.42 Å². The Kier molecular flexibility index (Phi) is 3.40. The number of sulfonamides is 1. The van der Waals surface area contributed by atoms with Crippen molar-refractivity contribution >= 4 is 27.4 Å². The van der Waals surface area contributed by atoms with Crippen LogP contribution in [0.5, 0.6) is 0 Å². The molecule has 0 aliphatic heterocycles. The lowest BCUT2D eigenvalue weighted by atomic mass is 10.3. The maximum Gasteiger partial charge on any atom is 0.266 e. The number of hydrogen-bond acceptors (Lipinski definition) is 4. The summed E-state index contributed by atoms with van der Waals surface area (Å²) in [5.74, 6) is 0.191. The standard InChI is InChI=1S/C12H10ClN5O2S/c13-10-3-1-2-4-11(10)18-6-5-12(16-18)17-21(19,20)9-7-14-15-8-9/h1-8H,(H,14,15)(H,16,17). The number of benzene rings is 1. The second-order valence-corrected chi connectivity index (χ2v) is 6.23. The van der Waals surface area contributed by atoms with Crippen LogP contribution in [0.25, 0.3) is 5.69 Å². The second-order valence-electron chi connectivity index (χ2n) is 4.14. The van der Waals surface area contributed by atoms with Gasteiger partial charge in [-0.25, -0.2) is 13.1 Å². The summed E-state index contributed by atoms with van der Waals surface area (Å²) in [5, 5.41) is 10.7. The van der Waals surface area contributed by atoms with Gasteiger partial charge in [0.15, 0.2) is 5.82 Å². The van der Waals surface area contributed by atoms with Gasteiger partial charge >= 0.3 is 0 Å². The van der Waals surface area contributed by atoms with Gasteiger partial charge in [0.25, 0.3) is 10.0 Å². The molecule has 0 radical (unpaired) electrons. The van der Waals surface area contributed by atoms with Crippen molar-refractivity contribution in [3.05, 3.63) is 53.9 Å². The van der Waals surface area contributed by atoms with E-state index in [9.17, 15) is 8.42 Å². The molecule has 21 heavy (non-hydrogen) atoms. The fourth-order valence-corrected chi connectivity index (χ4v) is 2.86. The molecule has 2 heterocycles. The molecule has 0 aliphatic carbocycles. The Morgan fingerprint density at radius 3 is 2.76 bits per heavy atom. The predicted molar refractivity (Wildman–Crippen MR) is 78.0 cm³/mol. The molecule has 0 amide bonds. The van der Waals surface area contributed by atoms with E-state index in [2.05, 4.69) is 20.0 Å². The number of rotatable bonds is 4. The van der Waals surface area contributed by atoms with Crippen molar-refractivity contribution in [2.24, 2.45) is 0 Å². The minimum absolute atomic E-state index is 0.0368. The van der Waals surface area contributed by atoms with Crippen molar-refractivity contribution in [3.8, 4) is 5.69 Å². The minimum atomic E-state index is -3.70. The Morgan fingerprint density at radius 1 is 1.24 bits per heavy atom. The van der Waals surface area contributed by atoms with Gasteiger partial charge in [-0.3, -0.25) is 9.82 Å². The number of anilines is 1. The lowest BCUT2D eigenvalue weighted by Gasteiger charge is -2.04. The van der Waals surface area contributed by atoms with Crippen LogP contribution in [0.4, 0.5) is 5.82 Å². The van der Waals surface area contributed by atoms with Crippen LogP contribution in [0.3, 0.4) is 0 Å². The normalized spacial score (nSPS) is 11.5. The van der Waals surface area contributed by atoms with Gasteiger partial charge in [0.05, 0.1) is 16.9 Å². The van der Waals surface area contributed by atoms with E-state index in [4.69, 9.17) is 11.6 Å². The summed E-state index contributed by atoms with van der Waals surface area (Å²) in [4.78, 5) is 0.0368. The van der Waals surface area contributed by atoms with Crippen LogP contribution in [0, 0.1) is 0 Å². The maximum atomic E-state index is 12.0. The summed E-state index contributed by atoms with van der Waals surface area (Å²) in [6.45, 7) is 0. The third-order valence-electron chi connectivity index (χ3n) is 2.71. The van der Waals surface area contributed by atoms with Gasteiger partial charge in [0.2, 0.25) is 0 Å². The van der Waals surface area contributed by atoms with Crippen molar-refractivity contribution in [1.82, 2.24) is 20.0 Å². The van der Waals surface area contributed by atoms with Gasteiger partial charge < -0.3 is 0 Å². The van der Waals surface area contributed by atoms with Crippen molar-refractivity contribution in [1.29, 1.82) is 0 Å². The Hall–Kier alpha value is -2.32. The van der Waals surface area contributed by atoms with Gasteiger partial charge in [-0.2, -0.15) is 5.10 Å². The quantitative estimate of drug-likeness (QED) is 0.768. The number of aromatic nitrogens is 4. The molecule has 0 spiro atoms. The van der Waals surface area contributed by atoms with Crippen LogP contribution >= 0.6 is 11.6 Å². The molecule has 0 atom stereocenters. The molecule has 0 saturated carbocycles. The average molecular weight is 324 g/mol. The molecule has 1 aromatic carbocycles. The van der Waals surface area contributed by atoms with Gasteiger partial charge in [0.1, 0.15) is 4.90 Å². The first-order valence-corrected chi connectivity index (χ1v) is 7.74. The van der Waals surface area contributed by atoms with Crippen molar-refractivity contribution in [2.45, 2.75) is 4.90 Å². The summed E-state index contributed by atoms with van der Waals surface area (Å²) in [6, 6.07) is 8.68. The summed E-state index contributed by atoms with van der Waals surface area (Å²) in [7, 11) is -3.70. The van der Waals surface area contributed by atoms with Crippen LogP contribution in [0.15, 0.2) is 53.8 Å². The first kappa shape index (κ1) is 13.7. The van der Waals surface area contributed by atoms with Crippen LogP contribution in [-0.4, -0.2) is 28.4 Å². The molecule has 2 aromatic heterocycles. The number of hydrogen-bond donors (Lipinski definition) is 2. The average Bonchev–Trinajstić information content (AvgIpc) is 3.10. The van der Waals surface area contributed by atoms with Crippen LogP contribution in [0.2, 0.25) is 5.02 Å². The zero-order valence-corrected chi connectivity index (χ0v) is 12.1. The molecule has 9 heteroatoms. The summed E-state index contributed by atoms with van der Waals surface area (Å²) in [6.07, 6.45) is 4.12. The minimum Gasteiger partial charge on any atom is -0.284 e. The summed E-state index contributed by atoms with van der Waals surface area (Å²) < 4.78 is 27.9. The SMILES string of the molecule is O=S(=O)(Nc1ccn(-c2ccccc2Cl)n1)c1cn[nH]c1. The molecule has 0 saturated heterocycles. The largest absolute Gasteiger partial charge is 0.284 e. The Bertz CT molecular complexity index is 857. The van der Waals surface area contributed by atoms with E-state index in [0.717, 1.165) is 0 Å². The molecule has 0 bridgehead atoms. The first-order chi connectivity index (χ1) is 10.1. The third-order valence-corrected chi connectivity index (χ3v) is 4.35. The van der Waals surface area contributed by atoms with Crippen molar-refractivity contribution in [3.63, 3.8) is 0 Å². The highest BCUT2D eigenvalue weighted by molar-refractivity contribution is 7.92. The fourth-order valence-electron chi connectivity index (χ4n) is 1.73. The molecule has 0 aliphatic rings. The lowest BCUT2D eigenvalue weighted by Crippen LogP contribution is -2.13. The first-order valence-electron chi connectivity index (χ1n) is 5.88. The fraction of sp³-hybridized carbons (Fsp3) is 0. The molecule has 2 N–H and O–H groups in total. The lowest BCUT2D eigenvalue weighted by molar-refractivity contribution is 0.601. The monoisotopic (exact) mass is 323 g/mol. The molecule has 108 valence electrons. The topological polar surface area (TPSA) is 92.7 Å². The summed E-state index contributed by atoms with van der Waals surface area (Å²) >= 11 is 6.07. The van der Waals surface area contributed by atoms with E-state index in [0.29, 0.717) is 10.7 Å². The number of H-pyrrole nitrogens is 1. The molecule has 3 aromatic rings. The number of para-hydroxylation sites is 1. The van der Waals surface area contributed by atoms with E-state index in [1.165, 1.54) is 17.1 Å². The Balaban J connectivity index is 1.88. The van der Waals surface area contributed by atoms with E-state index >= 15 is 0 Å². The van der Waals surface area contributed by atoms with Gasteiger partial charge in [0, 0.05) is 18.5 Å². The van der Waals surface area contributed by atoms with E-state index < -0.39 is 10.0 Å². The number of halogens is 1. The molecule has 0 unspecified atom stereocenters. The number of nitrogens with one attached hydrogen (secondary N) is 2. The summed E-state index contributed by atoms with van der Waals surface area (Å²) in [5.41, 5.74) is 0.660. The number of aromatic amines is 1. The van der Waals surface area contributed by atoms with Gasteiger partial charge in [-0.15, -0.1) is 5.10 Å². The van der Waals surface area contributed by atoms with E-state index in [-0.39, 0.29) is 10.7 Å². The van der Waals surface area contributed by atoms with Crippen LogP contribution < -0.4 is 4.72 Å². The maximum absolute atomic E-state index is 12.0. The van der Waals surface area contributed by atoms with E-state index in [1.807, 2.05) is 6.07 Å². The highest BCUT2D eigenvalue weighted by atomic mass is 35.5. The number of nitrogens with zero attached hydrogens (tertiary/aromatic N) is 3. The van der Waals surface area contributed by atoms with E-state index in [1.54, 1.807) is 30.5 Å². The molecular formula is C12H10ClN5O2S. The molecule has 7 nitrogen and oxygen atoms in total. The smallest absolute Gasteiger partial charge is 0.266 e.